The fourth-order valence-corrected chi connectivity index (χ4v) is 6.87. The summed E-state index contributed by atoms with van der Waals surface area (Å²) in [6.07, 6.45) is 46.7. The second kappa shape index (κ2) is 41.2. The molecule has 0 saturated carbocycles. The Bertz CT molecular complexity index is 937. The van der Waals surface area contributed by atoms with Gasteiger partial charge in [-0.15, -0.1) is 0 Å². The number of allylic oxidation sites excluding steroid dienone is 4. The van der Waals surface area contributed by atoms with Gasteiger partial charge < -0.3 is 14.4 Å². The minimum atomic E-state index is -4.26. The Morgan fingerprint density at radius 2 is 0.833 bits per heavy atom. The van der Waals surface area contributed by atoms with E-state index in [4.69, 9.17) is 14.0 Å². The van der Waals surface area contributed by atoms with Crippen LogP contribution in [0.15, 0.2) is 24.3 Å². The van der Waals surface area contributed by atoms with Gasteiger partial charge >= 0.3 is 19.8 Å². The molecule has 0 aromatic carbocycles. The van der Waals surface area contributed by atoms with Gasteiger partial charge in [0, 0.05) is 20.0 Å². The number of unbranched alkanes of at least 4 members (excludes halogenated alkanes) is 27. The second-order valence-electron chi connectivity index (χ2n) is 15.2. The van der Waals surface area contributed by atoms with Gasteiger partial charge in [0.25, 0.3) is 0 Å². The zero-order valence-electron chi connectivity index (χ0n) is 35.4. The maximum absolute atomic E-state index is 12.5. The predicted octanol–water partition coefficient (Wildman–Crippen LogP) is 14.2. The van der Waals surface area contributed by atoms with Crippen LogP contribution in [-0.2, 0) is 32.7 Å². The highest BCUT2D eigenvalue weighted by Crippen LogP contribution is 2.42. The molecule has 0 aromatic rings. The number of carbonyl (C=O) groups is 2. The summed E-state index contributed by atoms with van der Waals surface area (Å²) < 4.78 is 32.0. The molecule has 2 atom stereocenters. The third-order valence-electron chi connectivity index (χ3n) is 9.92. The van der Waals surface area contributed by atoms with E-state index in [1.165, 1.54) is 141 Å². The lowest BCUT2D eigenvalue weighted by Gasteiger charge is -2.19. The molecule has 318 valence electrons. The first-order valence-electron chi connectivity index (χ1n) is 22.5. The van der Waals surface area contributed by atoms with Crippen molar-refractivity contribution in [3.63, 3.8) is 0 Å². The van der Waals surface area contributed by atoms with E-state index in [0.29, 0.717) is 6.42 Å². The summed E-state index contributed by atoms with van der Waals surface area (Å²) in [6.45, 7) is 3.87. The van der Waals surface area contributed by atoms with Crippen molar-refractivity contribution in [1.29, 1.82) is 0 Å². The van der Waals surface area contributed by atoms with Crippen LogP contribution in [-0.4, -0.2) is 43.3 Å². The molecule has 0 fully saturated rings. The highest BCUT2D eigenvalue weighted by atomic mass is 31.2. The fourth-order valence-electron chi connectivity index (χ4n) is 6.41. The van der Waals surface area contributed by atoms with Gasteiger partial charge in [0.15, 0.2) is 6.10 Å². The summed E-state index contributed by atoms with van der Waals surface area (Å²) in [7, 11) is -3.20. The van der Waals surface area contributed by atoms with Crippen molar-refractivity contribution in [1.82, 2.24) is 0 Å². The lowest BCUT2D eigenvalue weighted by molar-refractivity contribution is -0.161. The molecular formula is C45H85O8P. The third kappa shape index (κ3) is 40.2. The van der Waals surface area contributed by atoms with E-state index in [0.717, 1.165) is 58.5 Å². The summed E-state index contributed by atoms with van der Waals surface area (Å²) in [5.74, 6) is -0.808. The topological polar surface area (TPSA) is 108 Å². The van der Waals surface area contributed by atoms with Gasteiger partial charge in [-0.25, -0.2) is 4.57 Å². The molecule has 0 saturated heterocycles. The maximum atomic E-state index is 12.5. The lowest BCUT2D eigenvalue weighted by atomic mass is 10.0. The number of ether oxygens (including phenoxy) is 2. The van der Waals surface area contributed by atoms with Crippen molar-refractivity contribution in [2.24, 2.45) is 0 Å². The highest BCUT2D eigenvalue weighted by Gasteiger charge is 2.24. The van der Waals surface area contributed by atoms with Gasteiger partial charge in [-0.2, -0.15) is 0 Å². The molecular weight excluding hydrogens is 699 g/mol. The first-order valence-corrected chi connectivity index (χ1v) is 24.0. The van der Waals surface area contributed by atoms with Crippen LogP contribution < -0.4 is 0 Å². The summed E-state index contributed by atoms with van der Waals surface area (Å²) in [5.41, 5.74) is 0. The SMILES string of the molecule is CCCCC/C=C\CCCCCCCC(=O)OCC(COP(=O)(O)OC)OC(=O)CCCCCCCCCCCCC/C=C\CCCCCCCCCC. The minimum absolute atomic E-state index is 0.227. The first kappa shape index (κ1) is 52.5. The molecule has 0 amide bonds. The van der Waals surface area contributed by atoms with Gasteiger partial charge in [-0.05, 0) is 64.2 Å². The van der Waals surface area contributed by atoms with E-state index in [9.17, 15) is 19.0 Å². The molecule has 0 aromatic heterocycles. The van der Waals surface area contributed by atoms with Gasteiger partial charge in [0.2, 0.25) is 0 Å². The average Bonchev–Trinajstić information content (AvgIpc) is 3.16. The van der Waals surface area contributed by atoms with E-state index in [-0.39, 0.29) is 25.4 Å². The number of hydrogen-bond donors (Lipinski definition) is 1. The standard InChI is InChI=1S/C45H85O8P/c1-4-6-8-10-12-14-16-18-19-20-21-22-23-24-25-26-27-28-30-32-34-36-38-40-45(47)53-43(42-52-54(48,49)50-3)41-51-44(46)39-37-35-33-31-29-17-15-13-11-9-7-5-2/h13,15,20-21,43H,4-12,14,16-19,22-42H2,1-3H3,(H,48,49)/b15-13-,21-20-. The van der Waals surface area contributed by atoms with E-state index >= 15 is 0 Å². The number of esters is 2. The highest BCUT2D eigenvalue weighted by molar-refractivity contribution is 7.47. The number of phosphoric acid groups is 1. The number of hydrogen-bond acceptors (Lipinski definition) is 7. The molecule has 2 unspecified atom stereocenters. The van der Waals surface area contributed by atoms with Crippen molar-refractivity contribution in [3.8, 4) is 0 Å². The molecule has 1 N–H and O–H groups in total. The van der Waals surface area contributed by atoms with Gasteiger partial charge in [-0.1, -0.05) is 173 Å². The van der Waals surface area contributed by atoms with Gasteiger partial charge in [0.1, 0.15) is 6.61 Å². The quantitative estimate of drug-likeness (QED) is 0.0282. The Hall–Kier alpha value is -1.47. The maximum Gasteiger partial charge on any atom is 0.472 e. The second-order valence-corrected chi connectivity index (χ2v) is 16.7. The van der Waals surface area contributed by atoms with Crippen molar-refractivity contribution in [3.05, 3.63) is 24.3 Å². The molecule has 0 spiro atoms. The normalized spacial score (nSPS) is 13.5. The summed E-state index contributed by atoms with van der Waals surface area (Å²) in [4.78, 5) is 34.4. The largest absolute Gasteiger partial charge is 0.472 e. The fraction of sp³-hybridized carbons (Fsp3) is 0.867. The van der Waals surface area contributed by atoms with Crippen LogP contribution >= 0.6 is 7.82 Å². The van der Waals surface area contributed by atoms with Gasteiger partial charge in [-0.3, -0.25) is 18.6 Å². The predicted molar refractivity (Wildman–Crippen MR) is 226 cm³/mol. The molecule has 0 aliphatic rings. The summed E-state index contributed by atoms with van der Waals surface area (Å²) in [6, 6.07) is 0. The molecule has 9 heteroatoms. The lowest BCUT2D eigenvalue weighted by Crippen LogP contribution is -2.29. The molecule has 54 heavy (non-hydrogen) atoms. The van der Waals surface area contributed by atoms with Crippen LogP contribution in [0.5, 0.6) is 0 Å². The summed E-state index contributed by atoms with van der Waals surface area (Å²) in [5, 5.41) is 0. The number of carbonyl (C=O) groups excluding carboxylic acids is 2. The number of phosphoric ester groups is 1. The number of rotatable bonds is 42. The molecule has 0 radical (unpaired) electrons. The molecule has 0 heterocycles. The zero-order chi connectivity index (χ0) is 39.6. The van der Waals surface area contributed by atoms with Crippen LogP contribution in [0.2, 0.25) is 0 Å². The van der Waals surface area contributed by atoms with Gasteiger partial charge in [0.05, 0.1) is 6.61 Å². The molecule has 0 bridgehead atoms. The van der Waals surface area contributed by atoms with Crippen LogP contribution in [0.1, 0.15) is 226 Å². The third-order valence-corrected chi connectivity index (χ3v) is 10.9. The van der Waals surface area contributed by atoms with Crippen molar-refractivity contribution in [2.75, 3.05) is 20.3 Å². The Labute approximate surface area is 333 Å². The van der Waals surface area contributed by atoms with Crippen LogP contribution in [0.3, 0.4) is 0 Å². The zero-order valence-corrected chi connectivity index (χ0v) is 36.3. The van der Waals surface area contributed by atoms with Crippen LogP contribution in [0.4, 0.5) is 0 Å². The molecule has 0 aliphatic heterocycles. The Kier molecular flexibility index (Phi) is 40.1. The monoisotopic (exact) mass is 785 g/mol. The smallest absolute Gasteiger partial charge is 0.462 e. The van der Waals surface area contributed by atoms with Crippen molar-refractivity contribution < 1.29 is 37.6 Å². The van der Waals surface area contributed by atoms with E-state index in [1.54, 1.807) is 0 Å². The summed E-state index contributed by atoms with van der Waals surface area (Å²) >= 11 is 0. The van der Waals surface area contributed by atoms with Crippen molar-refractivity contribution in [2.45, 2.75) is 232 Å². The van der Waals surface area contributed by atoms with E-state index in [2.05, 4.69) is 42.7 Å². The van der Waals surface area contributed by atoms with Crippen molar-refractivity contribution >= 4 is 19.8 Å². The first-order chi connectivity index (χ1) is 26.3. The molecule has 8 nitrogen and oxygen atoms in total. The van der Waals surface area contributed by atoms with E-state index in [1.807, 2.05) is 0 Å². The minimum Gasteiger partial charge on any atom is -0.462 e. The van der Waals surface area contributed by atoms with E-state index < -0.39 is 26.5 Å². The Balaban J connectivity index is 3.90. The Morgan fingerprint density at radius 1 is 0.500 bits per heavy atom. The van der Waals surface area contributed by atoms with Crippen LogP contribution in [0.25, 0.3) is 0 Å². The van der Waals surface area contributed by atoms with Crippen LogP contribution in [0, 0.1) is 0 Å². The Morgan fingerprint density at radius 3 is 1.24 bits per heavy atom. The average molecular weight is 785 g/mol. The molecule has 0 rings (SSSR count). The molecule has 0 aliphatic carbocycles.